The van der Waals surface area contributed by atoms with Gasteiger partial charge in [-0.15, -0.1) is 11.3 Å². The Hall–Kier alpha value is -2.14. The normalized spacial score (nSPS) is 11.0. The second-order valence-corrected chi connectivity index (χ2v) is 6.69. The highest BCUT2D eigenvalue weighted by Crippen LogP contribution is 2.21. The maximum Gasteiger partial charge on any atom is 0.246 e. The fourth-order valence-corrected chi connectivity index (χ4v) is 2.77. The zero-order chi connectivity index (χ0) is 17.4. The number of aromatic nitrogens is 1. The molecular formula is C19H24N2O2S. The van der Waals surface area contributed by atoms with E-state index in [1.165, 1.54) is 0 Å². The van der Waals surface area contributed by atoms with Crippen LogP contribution in [0.3, 0.4) is 0 Å². The van der Waals surface area contributed by atoms with Gasteiger partial charge in [0.15, 0.2) is 0 Å². The largest absolute Gasteiger partial charge is 0.487 e. The molecule has 0 fully saturated rings. The van der Waals surface area contributed by atoms with Gasteiger partial charge in [-0.3, -0.25) is 4.79 Å². The average molecular weight is 344 g/mol. The van der Waals surface area contributed by atoms with Crippen LogP contribution in [0.2, 0.25) is 0 Å². The Bertz CT molecular complexity index is 694. The number of nitrogens with zero attached hydrogens (tertiary/aromatic N) is 2. The highest BCUT2D eigenvalue weighted by atomic mass is 32.1. The molecule has 0 radical (unpaired) electrons. The van der Waals surface area contributed by atoms with Crippen molar-refractivity contribution in [3.05, 3.63) is 52.0 Å². The molecule has 4 nitrogen and oxygen atoms in total. The average Bonchev–Trinajstić information content (AvgIpc) is 3.01. The van der Waals surface area contributed by atoms with E-state index in [1.807, 2.05) is 49.7 Å². The maximum absolute atomic E-state index is 12.1. The van der Waals surface area contributed by atoms with Crippen LogP contribution in [0.1, 0.15) is 36.0 Å². The summed E-state index contributed by atoms with van der Waals surface area (Å²) >= 11 is 1.61. The van der Waals surface area contributed by atoms with Gasteiger partial charge >= 0.3 is 0 Å². The first kappa shape index (κ1) is 18.2. The van der Waals surface area contributed by atoms with E-state index in [9.17, 15) is 4.79 Å². The van der Waals surface area contributed by atoms with Crippen LogP contribution < -0.4 is 4.74 Å². The number of likely N-dealkylation sites (N-methyl/N-ethyl adjacent to an activating group) is 1. The molecule has 1 aromatic carbocycles. The summed E-state index contributed by atoms with van der Waals surface area (Å²) in [6, 6.07) is 7.71. The Balaban J connectivity index is 2.00. The summed E-state index contributed by atoms with van der Waals surface area (Å²) in [6.07, 6.45) is 5.51. The third kappa shape index (κ3) is 5.49. The lowest BCUT2D eigenvalue weighted by Crippen LogP contribution is -2.25. The number of rotatable bonds is 8. The maximum atomic E-state index is 12.1. The van der Waals surface area contributed by atoms with Crippen molar-refractivity contribution in [2.24, 2.45) is 0 Å². The minimum absolute atomic E-state index is 0.00776. The van der Waals surface area contributed by atoms with E-state index >= 15 is 0 Å². The zero-order valence-corrected chi connectivity index (χ0v) is 15.3. The van der Waals surface area contributed by atoms with Crippen molar-refractivity contribution < 1.29 is 9.53 Å². The summed E-state index contributed by atoms with van der Waals surface area (Å²) in [5, 5.41) is 3.03. The Morgan fingerprint density at radius 3 is 2.88 bits per heavy atom. The highest BCUT2D eigenvalue weighted by Gasteiger charge is 2.06. The predicted octanol–water partition coefficient (Wildman–Crippen LogP) is 4.30. The van der Waals surface area contributed by atoms with Crippen molar-refractivity contribution >= 4 is 23.3 Å². The fraction of sp³-hybridized carbons (Fsp3) is 0.368. The number of hydrogen-bond donors (Lipinski definition) is 0. The standard InChI is InChI=1S/C19H24N2O2S/c1-4-5-12-21(3)19(22)11-10-16-8-6-7-9-18(16)23-13-17-14-24-15(2)20-17/h6-11,14H,4-5,12-13H2,1-3H3/b11-10+. The molecule has 0 spiro atoms. The van der Waals surface area contributed by atoms with Crippen molar-refractivity contribution in [1.82, 2.24) is 9.88 Å². The minimum Gasteiger partial charge on any atom is -0.487 e. The monoisotopic (exact) mass is 344 g/mol. The molecule has 24 heavy (non-hydrogen) atoms. The number of benzene rings is 1. The van der Waals surface area contributed by atoms with E-state index in [0.29, 0.717) is 6.61 Å². The lowest BCUT2D eigenvalue weighted by atomic mass is 10.2. The first-order valence-electron chi connectivity index (χ1n) is 8.16. The molecule has 0 bridgehead atoms. The molecule has 2 rings (SSSR count). The summed E-state index contributed by atoms with van der Waals surface area (Å²) in [7, 11) is 1.83. The summed E-state index contributed by atoms with van der Waals surface area (Å²) in [5.74, 6) is 0.761. The van der Waals surface area contributed by atoms with E-state index in [1.54, 1.807) is 22.3 Å². The molecule has 0 aliphatic carbocycles. The van der Waals surface area contributed by atoms with Gasteiger partial charge in [0.1, 0.15) is 12.4 Å². The lowest BCUT2D eigenvalue weighted by molar-refractivity contribution is -0.124. The molecule has 0 saturated carbocycles. The Morgan fingerprint density at radius 2 is 2.17 bits per heavy atom. The second-order valence-electron chi connectivity index (χ2n) is 5.63. The lowest BCUT2D eigenvalue weighted by Gasteiger charge is -2.14. The Kier molecular flexibility index (Phi) is 7.00. The van der Waals surface area contributed by atoms with Crippen LogP contribution in [0.15, 0.2) is 35.7 Å². The van der Waals surface area contributed by atoms with Crippen molar-refractivity contribution in [3.8, 4) is 5.75 Å². The molecule has 0 saturated heterocycles. The highest BCUT2D eigenvalue weighted by molar-refractivity contribution is 7.09. The molecule has 0 atom stereocenters. The Labute approximate surface area is 147 Å². The number of unbranched alkanes of at least 4 members (excludes halogenated alkanes) is 1. The number of hydrogen-bond acceptors (Lipinski definition) is 4. The van der Waals surface area contributed by atoms with E-state index in [0.717, 1.165) is 41.4 Å². The SMILES string of the molecule is CCCCN(C)C(=O)/C=C/c1ccccc1OCc1csc(C)n1. The third-order valence-corrected chi connectivity index (χ3v) is 4.41. The molecule has 0 aliphatic heterocycles. The van der Waals surface area contributed by atoms with Crippen LogP contribution in [-0.2, 0) is 11.4 Å². The van der Waals surface area contributed by atoms with Gasteiger partial charge in [0.2, 0.25) is 5.91 Å². The van der Waals surface area contributed by atoms with Crippen molar-refractivity contribution in [2.45, 2.75) is 33.3 Å². The number of carbonyl (C=O) groups excluding carboxylic acids is 1. The molecule has 0 aliphatic rings. The van der Waals surface area contributed by atoms with Crippen LogP contribution in [0, 0.1) is 6.92 Å². The molecule has 2 aromatic rings. The van der Waals surface area contributed by atoms with Crippen molar-refractivity contribution in [1.29, 1.82) is 0 Å². The minimum atomic E-state index is 0.00776. The van der Waals surface area contributed by atoms with E-state index < -0.39 is 0 Å². The van der Waals surface area contributed by atoms with Gasteiger partial charge in [0.05, 0.1) is 10.7 Å². The summed E-state index contributed by atoms with van der Waals surface area (Å²) in [4.78, 5) is 18.2. The van der Waals surface area contributed by atoms with Crippen LogP contribution in [-0.4, -0.2) is 29.4 Å². The molecule has 0 N–H and O–H groups in total. The molecule has 1 amide bonds. The quantitative estimate of drug-likeness (QED) is 0.671. The molecule has 5 heteroatoms. The summed E-state index contributed by atoms with van der Waals surface area (Å²) in [6.45, 7) is 5.30. The van der Waals surface area contributed by atoms with Gasteiger partial charge in [-0.05, 0) is 25.5 Å². The predicted molar refractivity (Wildman–Crippen MR) is 99.2 cm³/mol. The first-order valence-corrected chi connectivity index (χ1v) is 9.04. The zero-order valence-electron chi connectivity index (χ0n) is 14.5. The molecular weight excluding hydrogens is 320 g/mol. The smallest absolute Gasteiger partial charge is 0.246 e. The van der Waals surface area contributed by atoms with Gasteiger partial charge in [0.25, 0.3) is 0 Å². The number of aryl methyl sites for hydroxylation is 1. The van der Waals surface area contributed by atoms with Crippen molar-refractivity contribution in [2.75, 3.05) is 13.6 Å². The summed E-state index contributed by atoms with van der Waals surface area (Å²) in [5.41, 5.74) is 1.81. The number of carbonyl (C=O) groups is 1. The van der Waals surface area contributed by atoms with E-state index in [-0.39, 0.29) is 5.91 Å². The number of amides is 1. The van der Waals surface area contributed by atoms with Crippen LogP contribution in [0.25, 0.3) is 6.08 Å². The second kappa shape index (κ2) is 9.23. The third-order valence-electron chi connectivity index (χ3n) is 3.59. The molecule has 1 heterocycles. The Morgan fingerprint density at radius 1 is 1.38 bits per heavy atom. The molecule has 1 aromatic heterocycles. The van der Waals surface area contributed by atoms with Crippen LogP contribution >= 0.6 is 11.3 Å². The van der Waals surface area contributed by atoms with Gasteiger partial charge in [-0.1, -0.05) is 31.5 Å². The van der Waals surface area contributed by atoms with Gasteiger partial charge < -0.3 is 9.64 Å². The molecule has 0 unspecified atom stereocenters. The topological polar surface area (TPSA) is 42.4 Å². The first-order chi connectivity index (χ1) is 11.6. The van der Waals surface area contributed by atoms with Crippen LogP contribution in [0.4, 0.5) is 0 Å². The number of ether oxygens (including phenoxy) is 1. The van der Waals surface area contributed by atoms with Gasteiger partial charge in [-0.25, -0.2) is 4.98 Å². The van der Waals surface area contributed by atoms with E-state index in [2.05, 4.69) is 11.9 Å². The summed E-state index contributed by atoms with van der Waals surface area (Å²) < 4.78 is 5.86. The van der Waals surface area contributed by atoms with Crippen molar-refractivity contribution in [3.63, 3.8) is 0 Å². The fourth-order valence-electron chi connectivity index (χ4n) is 2.17. The number of para-hydroxylation sites is 1. The van der Waals surface area contributed by atoms with Gasteiger partial charge in [0, 0.05) is 30.6 Å². The van der Waals surface area contributed by atoms with E-state index in [4.69, 9.17) is 4.74 Å². The molecule has 128 valence electrons. The number of thiazole rings is 1. The van der Waals surface area contributed by atoms with Gasteiger partial charge in [-0.2, -0.15) is 0 Å². The van der Waals surface area contributed by atoms with Crippen LogP contribution in [0.5, 0.6) is 5.75 Å².